The van der Waals surface area contributed by atoms with Crippen LogP contribution in [0.5, 0.6) is 0 Å². The zero-order valence-electron chi connectivity index (χ0n) is 8.60. The predicted octanol–water partition coefficient (Wildman–Crippen LogP) is 1.70. The minimum atomic E-state index is -0.448. The predicted molar refractivity (Wildman–Crippen MR) is 53.4 cm³/mol. The van der Waals surface area contributed by atoms with Crippen molar-refractivity contribution in [3.8, 4) is 0 Å². The molecular formula is C10H14N2O2. The van der Waals surface area contributed by atoms with Crippen LogP contribution in [0.25, 0.3) is 6.20 Å². The molecule has 1 aromatic heterocycles. The molecule has 4 nitrogen and oxygen atoms in total. The number of rotatable bonds is 2. The van der Waals surface area contributed by atoms with Gasteiger partial charge in [-0.1, -0.05) is 0 Å². The van der Waals surface area contributed by atoms with Crippen LogP contribution in [0.15, 0.2) is 24.8 Å². The first-order valence-electron chi connectivity index (χ1n) is 4.36. The lowest BCUT2D eigenvalue weighted by Gasteiger charge is -2.17. The molecule has 0 saturated carbocycles. The van der Waals surface area contributed by atoms with Crippen LogP contribution in [0, 0.1) is 0 Å². The van der Waals surface area contributed by atoms with Crippen LogP contribution in [0.1, 0.15) is 20.8 Å². The summed E-state index contributed by atoms with van der Waals surface area (Å²) in [6.07, 6.45) is 7.94. The van der Waals surface area contributed by atoms with E-state index in [-0.39, 0.29) is 5.97 Å². The second kappa shape index (κ2) is 4.09. The van der Waals surface area contributed by atoms with Gasteiger partial charge in [0.1, 0.15) is 5.60 Å². The van der Waals surface area contributed by atoms with Gasteiger partial charge in [-0.2, -0.15) is 0 Å². The highest BCUT2D eigenvalue weighted by Crippen LogP contribution is 2.07. The van der Waals surface area contributed by atoms with Gasteiger partial charge in [-0.05, 0) is 20.8 Å². The fourth-order valence-corrected chi connectivity index (χ4v) is 0.840. The SMILES string of the molecule is CC(C)(C)OC(=O)C=Cn1ccnc1. The summed E-state index contributed by atoms with van der Waals surface area (Å²) in [6.45, 7) is 5.49. The van der Waals surface area contributed by atoms with Crippen LogP contribution >= 0.6 is 0 Å². The summed E-state index contributed by atoms with van der Waals surface area (Å²) in [7, 11) is 0. The molecule has 0 bridgehead atoms. The quantitative estimate of drug-likeness (QED) is 0.531. The van der Waals surface area contributed by atoms with E-state index in [1.807, 2.05) is 20.8 Å². The van der Waals surface area contributed by atoms with Crippen LogP contribution in [-0.2, 0) is 9.53 Å². The van der Waals surface area contributed by atoms with Crippen LogP contribution < -0.4 is 0 Å². The normalized spacial score (nSPS) is 11.9. The lowest BCUT2D eigenvalue weighted by Crippen LogP contribution is -2.22. The number of aromatic nitrogens is 2. The molecule has 0 fully saturated rings. The summed E-state index contributed by atoms with van der Waals surface area (Å²) in [5, 5.41) is 0. The van der Waals surface area contributed by atoms with E-state index >= 15 is 0 Å². The lowest BCUT2D eigenvalue weighted by atomic mass is 10.2. The monoisotopic (exact) mass is 194 g/mol. The molecule has 0 spiro atoms. The zero-order chi connectivity index (χ0) is 10.6. The lowest BCUT2D eigenvalue weighted by molar-refractivity contribution is -0.148. The fourth-order valence-electron chi connectivity index (χ4n) is 0.840. The van der Waals surface area contributed by atoms with Crippen molar-refractivity contribution in [1.29, 1.82) is 0 Å². The Bertz CT molecular complexity index is 320. The molecular weight excluding hydrogens is 180 g/mol. The largest absolute Gasteiger partial charge is 0.457 e. The van der Waals surface area contributed by atoms with Gasteiger partial charge in [-0.15, -0.1) is 0 Å². The highest BCUT2D eigenvalue weighted by molar-refractivity contribution is 5.85. The molecule has 4 heteroatoms. The molecule has 0 amide bonds. The van der Waals surface area contributed by atoms with Gasteiger partial charge >= 0.3 is 5.97 Å². The van der Waals surface area contributed by atoms with Crippen molar-refractivity contribution in [3.05, 3.63) is 24.8 Å². The Kier molecular flexibility index (Phi) is 3.06. The van der Waals surface area contributed by atoms with E-state index in [2.05, 4.69) is 4.98 Å². The number of carbonyl (C=O) groups excluding carboxylic acids is 1. The number of carbonyl (C=O) groups is 1. The number of nitrogens with zero attached hydrogens (tertiary/aromatic N) is 2. The van der Waals surface area contributed by atoms with Crippen molar-refractivity contribution in [1.82, 2.24) is 9.55 Å². The van der Waals surface area contributed by atoms with Gasteiger partial charge in [0.15, 0.2) is 0 Å². The fraction of sp³-hybridized carbons (Fsp3) is 0.400. The Morgan fingerprint density at radius 1 is 1.50 bits per heavy atom. The Hall–Kier alpha value is -1.58. The standard InChI is InChI=1S/C10H14N2O2/c1-10(2,3)14-9(13)4-6-12-7-5-11-8-12/h4-8H,1-3H3. The third kappa shape index (κ3) is 3.89. The third-order valence-corrected chi connectivity index (χ3v) is 1.31. The van der Waals surface area contributed by atoms with Gasteiger partial charge in [-0.3, -0.25) is 0 Å². The van der Waals surface area contributed by atoms with Gasteiger partial charge in [0.05, 0.1) is 6.33 Å². The molecule has 0 aromatic carbocycles. The molecule has 76 valence electrons. The number of ether oxygens (including phenoxy) is 1. The second-order valence-corrected chi connectivity index (χ2v) is 3.86. The summed E-state index contributed by atoms with van der Waals surface area (Å²) in [5.41, 5.74) is -0.448. The molecule has 1 heterocycles. The molecule has 0 aliphatic carbocycles. The van der Waals surface area contributed by atoms with E-state index in [0.29, 0.717) is 0 Å². The first-order valence-corrected chi connectivity index (χ1v) is 4.36. The molecule has 0 saturated heterocycles. The third-order valence-electron chi connectivity index (χ3n) is 1.31. The highest BCUT2D eigenvalue weighted by atomic mass is 16.6. The topological polar surface area (TPSA) is 44.1 Å². The van der Waals surface area contributed by atoms with Gasteiger partial charge in [0.25, 0.3) is 0 Å². The Balaban J connectivity index is 2.49. The van der Waals surface area contributed by atoms with Crippen molar-refractivity contribution in [2.75, 3.05) is 0 Å². The van der Waals surface area contributed by atoms with Crippen molar-refractivity contribution < 1.29 is 9.53 Å². The van der Waals surface area contributed by atoms with E-state index in [4.69, 9.17) is 4.74 Å². The minimum absolute atomic E-state index is 0.355. The van der Waals surface area contributed by atoms with Crippen molar-refractivity contribution in [2.24, 2.45) is 0 Å². The smallest absolute Gasteiger partial charge is 0.332 e. The van der Waals surface area contributed by atoms with Crippen molar-refractivity contribution in [2.45, 2.75) is 26.4 Å². The van der Waals surface area contributed by atoms with Gasteiger partial charge < -0.3 is 9.30 Å². The molecule has 0 aliphatic heterocycles. The van der Waals surface area contributed by atoms with Gasteiger partial charge in [0, 0.05) is 24.7 Å². The summed E-state index contributed by atoms with van der Waals surface area (Å²) in [6, 6.07) is 0. The van der Waals surface area contributed by atoms with Crippen molar-refractivity contribution >= 4 is 12.2 Å². The van der Waals surface area contributed by atoms with E-state index in [1.165, 1.54) is 6.08 Å². The van der Waals surface area contributed by atoms with E-state index in [0.717, 1.165) is 0 Å². The van der Waals surface area contributed by atoms with Gasteiger partial charge in [0.2, 0.25) is 0 Å². The summed E-state index contributed by atoms with van der Waals surface area (Å²) < 4.78 is 6.75. The molecule has 14 heavy (non-hydrogen) atoms. The molecule has 0 aliphatic rings. The van der Waals surface area contributed by atoms with E-state index in [9.17, 15) is 4.79 Å². The number of imidazole rings is 1. The maximum atomic E-state index is 11.2. The highest BCUT2D eigenvalue weighted by Gasteiger charge is 2.13. The molecule has 0 atom stereocenters. The van der Waals surface area contributed by atoms with Crippen LogP contribution in [0.3, 0.4) is 0 Å². The first-order chi connectivity index (χ1) is 6.47. The number of hydrogen-bond donors (Lipinski definition) is 0. The number of esters is 1. The van der Waals surface area contributed by atoms with Crippen LogP contribution in [0.2, 0.25) is 0 Å². The molecule has 0 N–H and O–H groups in total. The average Bonchev–Trinajstić information content (AvgIpc) is 2.49. The molecule has 0 radical (unpaired) electrons. The second-order valence-electron chi connectivity index (χ2n) is 3.86. The summed E-state index contributed by atoms with van der Waals surface area (Å²) >= 11 is 0. The van der Waals surface area contributed by atoms with Crippen molar-refractivity contribution in [3.63, 3.8) is 0 Å². The van der Waals surface area contributed by atoms with Gasteiger partial charge in [-0.25, -0.2) is 9.78 Å². The van der Waals surface area contributed by atoms with Crippen LogP contribution in [0.4, 0.5) is 0 Å². The maximum absolute atomic E-state index is 11.2. The minimum Gasteiger partial charge on any atom is -0.457 e. The summed E-state index contributed by atoms with van der Waals surface area (Å²) in [4.78, 5) is 15.0. The number of hydrogen-bond acceptors (Lipinski definition) is 3. The van der Waals surface area contributed by atoms with Crippen LogP contribution in [-0.4, -0.2) is 21.1 Å². The Morgan fingerprint density at radius 3 is 2.71 bits per heavy atom. The van der Waals surface area contributed by atoms with E-state index in [1.54, 1.807) is 29.5 Å². The average molecular weight is 194 g/mol. The first kappa shape index (κ1) is 10.5. The Morgan fingerprint density at radius 2 is 2.21 bits per heavy atom. The molecule has 1 aromatic rings. The summed E-state index contributed by atoms with van der Waals surface area (Å²) in [5.74, 6) is -0.355. The molecule has 0 unspecified atom stereocenters. The molecule has 1 rings (SSSR count). The maximum Gasteiger partial charge on any atom is 0.332 e. The Labute approximate surface area is 83.2 Å². The zero-order valence-corrected chi connectivity index (χ0v) is 8.60. The van der Waals surface area contributed by atoms with E-state index < -0.39 is 5.60 Å².